The molecule has 2 aromatic heterocycles. The van der Waals surface area contributed by atoms with E-state index in [2.05, 4.69) is 23.2 Å². The van der Waals surface area contributed by atoms with E-state index in [1.165, 1.54) is 27.7 Å². The summed E-state index contributed by atoms with van der Waals surface area (Å²) >= 11 is 1.72. The summed E-state index contributed by atoms with van der Waals surface area (Å²) in [5, 5.41) is 13.2. The van der Waals surface area contributed by atoms with Gasteiger partial charge in [-0.05, 0) is 12.1 Å². The molecule has 0 aliphatic carbocycles. The standard InChI is InChI=1S/C17H10N2O2S/c20-19(21)11-8-9-15(18-10-11)14-6-3-5-13-12-4-1-2-7-16(12)22-17(13)14/h1-10H. The second kappa shape index (κ2) is 4.89. The number of benzene rings is 2. The predicted molar refractivity (Wildman–Crippen MR) is 89.2 cm³/mol. The molecule has 0 aliphatic rings. The quantitative estimate of drug-likeness (QED) is 0.386. The maximum Gasteiger partial charge on any atom is 0.287 e. The maximum atomic E-state index is 10.7. The Morgan fingerprint density at radius 1 is 0.955 bits per heavy atom. The summed E-state index contributed by atoms with van der Waals surface area (Å²) in [6.45, 7) is 0. The molecule has 0 bridgehead atoms. The second-order valence-electron chi connectivity index (χ2n) is 4.94. The molecule has 106 valence electrons. The Morgan fingerprint density at radius 3 is 2.55 bits per heavy atom. The molecule has 4 rings (SSSR count). The Bertz CT molecular complexity index is 1010. The molecule has 0 amide bonds. The van der Waals surface area contributed by atoms with Gasteiger partial charge in [0.2, 0.25) is 0 Å². The number of rotatable bonds is 2. The fourth-order valence-electron chi connectivity index (χ4n) is 2.60. The van der Waals surface area contributed by atoms with Crippen LogP contribution in [-0.2, 0) is 0 Å². The zero-order valence-corrected chi connectivity index (χ0v) is 12.2. The summed E-state index contributed by atoms with van der Waals surface area (Å²) < 4.78 is 2.39. The summed E-state index contributed by atoms with van der Waals surface area (Å²) in [5.74, 6) is 0. The molecule has 22 heavy (non-hydrogen) atoms. The van der Waals surface area contributed by atoms with Crippen molar-refractivity contribution in [3.63, 3.8) is 0 Å². The highest BCUT2D eigenvalue weighted by Gasteiger charge is 2.12. The first-order chi connectivity index (χ1) is 10.7. The fourth-order valence-corrected chi connectivity index (χ4v) is 3.83. The highest BCUT2D eigenvalue weighted by molar-refractivity contribution is 7.26. The van der Waals surface area contributed by atoms with E-state index in [1.807, 2.05) is 24.3 Å². The number of thiophene rings is 1. The molecule has 0 saturated heterocycles. The first kappa shape index (κ1) is 12.9. The van der Waals surface area contributed by atoms with Crippen LogP contribution < -0.4 is 0 Å². The first-order valence-electron chi connectivity index (χ1n) is 6.75. The monoisotopic (exact) mass is 306 g/mol. The predicted octanol–water partition coefficient (Wildman–Crippen LogP) is 5.02. The Labute approximate surface area is 129 Å². The van der Waals surface area contributed by atoms with Crippen LogP contribution in [-0.4, -0.2) is 9.91 Å². The topological polar surface area (TPSA) is 56.0 Å². The average Bonchev–Trinajstić information content (AvgIpc) is 2.93. The minimum atomic E-state index is -0.434. The van der Waals surface area contributed by atoms with E-state index >= 15 is 0 Å². The normalized spacial score (nSPS) is 11.1. The van der Waals surface area contributed by atoms with E-state index < -0.39 is 4.92 Å². The van der Waals surface area contributed by atoms with Crippen LogP contribution in [0.5, 0.6) is 0 Å². The van der Waals surface area contributed by atoms with Crippen molar-refractivity contribution in [1.82, 2.24) is 4.98 Å². The van der Waals surface area contributed by atoms with Gasteiger partial charge in [-0.1, -0.05) is 36.4 Å². The Kier molecular flexibility index (Phi) is 2.87. The summed E-state index contributed by atoms with van der Waals surface area (Å²) in [4.78, 5) is 14.6. The molecule has 0 spiro atoms. The SMILES string of the molecule is O=[N+]([O-])c1ccc(-c2cccc3c2sc2ccccc23)nc1. The number of hydrogen-bond acceptors (Lipinski definition) is 4. The molecule has 4 aromatic rings. The van der Waals surface area contributed by atoms with E-state index in [4.69, 9.17) is 0 Å². The van der Waals surface area contributed by atoms with E-state index in [0.717, 1.165) is 16.0 Å². The van der Waals surface area contributed by atoms with E-state index in [1.54, 1.807) is 17.4 Å². The van der Waals surface area contributed by atoms with Gasteiger partial charge in [-0.2, -0.15) is 0 Å². The molecule has 0 atom stereocenters. The van der Waals surface area contributed by atoms with Gasteiger partial charge in [-0.3, -0.25) is 10.1 Å². The lowest BCUT2D eigenvalue weighted by Crippen LogP contribution is -1.90. The summed E-state index contributed by atoms with van der Waals surface area (Å²) in [5.41, 5.74) is 1.77. The van der Waals surface area contributed by atoms with Crippen LogP contribution in [0.15, 0.2) is 60.8 Å². The number of fused-ring (bicyclic) bond motifs is 3. The molecule has 0 N–H and O–H groups in total. The third kappa shape index (κ3) is 1.95. The molecule has 0 unspecified atom stereocenters. The summed E-state index contributed by atoms with van der Waals surface area (Å²) in [6, 6.07) is 17.6. The largest absolute Gasteiger partial charge is 0.287 e. The lowest BCUT2D eigenvalue weighted by molar-refractivity contribution is -0.385. The molecule has 5 heteroatoms. The van der Waals surface area contributed by atoms with Crippen molar-refractivity contribution < 1.29 is 4.92 Å². The first-order valence-corrected chi connectivity index (χ1v) is 7.57. The van der Waals surface area contributed by atoms with Crippen molar-refractivity contribution in [3.05, 3.63) is 70.9 Å². The van der Waals surface area contributed by atoms with Crippen molar-refractivity contribution >= 4 is 37.2 Å². The molecule has 4 nitrogen and oxygen atoms in total. The Hall–Kier alpha value is -2.79. The minimum Gasteiger partial charge on any atom is -0.258 e. The van der Waals surface area contributed by atoms with E-state index in [0.29, 0.717) is 0 Å². The summed E-state index contributed by atoms with van der Waals surface area (Å²) in [7, 11) is 0. The van der Waals surface area contributed by atoms with Crippen LogP contribution in [0, 0.1) is 10.1 Å². The van der Waals surface area contributed by atoms with Gasteiger partial charge in [0.1, 0.15) is 6.20 Å². The molecule has 0 saturated carbocycles. The van der Waals surface area contributed by atoms with Gasteiger partial charge in [0, 0.05) is 31.8 Å². The molecular weight excluding hydrogens is 296 g/mol. The smallest absolute Gasteiger partial charge is 0.258 e. The number of hydrogen-bond donors (Lipinski definition) is 0. The molecule has 0 fully saturated rings. The van der Waals surface area contributed by atoms with Crippen LogP contribution in [0.3, 0.4) is 0 Å². The Balaban J connectivity index is 1.96. The van der Waals surface area contributed by atoms with Crippen LogP contribution in [0.4, 0.5) is 5.69 Å². The van der Waals surface area contributed by atoms with E-state index in [-0.39, 0.29) is 5.69 Å². The van der Waals surface area contributed by atoms with Crippen molar-refractivity contribution in [3.8, 4) is 11.3 Å². The van der Waals surface area contributed by atoms with Crippen molar-refractivity contribution in [2.45, 2.75) is 0 Å². The average molecular weight is 306 g/mol. The van der Waals surface area contributed by atoms with Gasteiger partial charge in [-0.25, -0.2) is 4.98 Å². The summed E-state index contributed by atoms with van der Waals surface area (Å²) in [6.07, 6.45) is 1.31. The molecule has 0 radical (unpaired) electrons. The highest BCUT2D eigenvalue weighted by Crippen LogP contribution is 2.39. The van der Waals surface area contributed by atoms with Gasteiger partial charge >= 0.3 is 0 Å². The Morgan fingerprint density at radius 2 is 1.77 bits per heavy atom. The fraction of sp³-hybridized carbons (Fsp3) is 0. The second-order valence-corrected chi connectivity index (χ2v) is 5.99. The van der Waals surface area contributed by atoms with Crippen molar-refractivity contribution in [2.24, 2.45) is 0 Å². The number of aromatic nitrogens is 1. The zero-order valence-electron chi connectivity index (χ0n) is 11.4. The van der Waals surface area contributed by atoms with Gasteiger partial charge < -0.3 is 0 Å². The van der Waals surface area contributed by atoms with Crippen LogP contribution in [0.2, 0.25) is 0 Å². The van der Waals surface area contributed by atoms with Crippen LogP contribution in [0.25, 0.3) is 31.4 Å². The third-order valence-corrected chi connectivity index (χ3v) is 4.86. The zero-order chi connectivity index (χ0) is 15.1. The number of nitro groups is 1. The van der Waals surface area contributed by atoms with Gasteiger partial charge in [0.05, 0.1) is 10.6 Å². The highest BCUT2D eigenvalue weighted by atomic mass is 32.1. The lowest BCUT2D eigenvalue weighted by Gasteiger charge is -2.02. The maximum absolute atomic E-state index is 10.7. The number of nitrogens with zero attached hydrogens (tertiary/aromatic N) is 2. The molecular formula is C17H10N2O2S. The molecule has 2 heterocycles. The van der Waals surface area contributed by atoms with Gasteiger partial charge in [0.15, 0.2) is 0 Å². The van der Waals surface area contributed by atoms with Crippen molar-refractivity contribution in [2.75, 3.05) is 0 Å². The lowest BCUT2D eigenvalue weighted by atomic mass is 10.1. The van der Waals surface area contributed by atoms with Crippen molar-refractivity contribution in [1.29, 1.82) is 0 Å². The third-order valence-electron chi connectivity index (χ3n) is 3.64. The number of pyridine rings is 1. The van der Waals surface area contributed by atoms with E-state index in [9.17, 15) is 10.1 Å². The van der Waals surface area contributed by atoms with Gasteiger partial charge in [0.25, 0.3) is 5.69 Å². The van der Waals surface area contributed by atoms with Crippen LogP contribution in [0.1, 0.15) is 0 Å². The minimum absolute atomic E-state index is 0.00673. The molecule has 2 aromatic carbocycles. The van der Waals surface area contributed by atoms with Gasteiger partial charge in [-0.15, -0.1) is 11.3 Å². The molecule has 0 aliphatic heterocycles. The van der Waals surface area contributed by atoms with Crippen LogP contribution >= 0.6 is 11.3 Å².